The number of hydrazone groups is 1. The zero-order valence-corrected chi connectivity index (χ0v) is 27.3. The predicted octanol–water partition coefficient (Wildman–Crippen LogP) is 3.42. The van der Waals surface area contributed by atoms with Crippen molar-refractivity contribution in [2.45, 2.75) is 30.6 Å². The minimum Gasteiger partial charge on any atom is -0.744 e. The molecule has 0 saturated carbocycles. The topological polar surface area (TPSA) is 183 Å². The molecule has 0 fully saturated rings. The van der Waals surface area contributed by atoms with Gasteiger partial charge in [-0.1, -0.05) is 59.7 Å². The summed E-state index contributed by atoms with van der Waals surface area (Å²) in [5, 5.41) is 4.04. The van der Waals surface area contributed by atoms with Crippen molar-refractivity contribution < 1.29 is 30.5 Å². The Morgan fingerprint density at radius 1 is 0.911 bits per heavy atom. The maximum atomic E-state index is 10.5. The van der Waals surface area contributed by atoms with E-state index >= 15 is 0 Å². The number of aryl methyl sites for hydroxylation is 4. The smallest absolute Gasteiger partial charge is 0.294 e. The van der Waals surface area contributed by atoms with Crippen LogP contribution in [-0.4, -0.2) is 49.2 Å². The first kappa shape index (κ1) is 36.6. The fourth-order valence-electron chi connectivity index (χ4n) is 3.49. The second kappa shape index (κ2) is 17.0. The molecule has 0 aliphatic rings. The molecule has 14 heteroatoms. The molecule has 0 radical (unpaired) electrons. The standard InChI is InChI=1S/C17H22N6.2C7H8O3S/c1-4-19-17(18)21-20-13-15-7-5-14(6-8-15)9-10-16-22(2)11-12-23(16)3;2*1-6-2-4-7(5-3-6)11(8,9)10/h5-13H,4H2,1-3H3,(H2,18,19);2*2-5H,1H3,(H,8,9,10). The molecule has 45 heavy (non-hydrogen) atoms. The molecule has 4 aromatic rings. The molecular weight excluding hydrogens is 617 g/mol. The number of imidazole rings is 1. The van der Waals surface area contributed by atoms with Gasteiger partial charge in [0.15, 0.2) is 0 Å². The normalized spacial score (nSPS) is 11.9. The molecule has 0 bridgehead atoms. The van der Waals surface area contributed by atoms with Gasteiger partial charge in [-0.2, -0.15) is 13.5 Å². The highest BCUT2D eigenvalue weighted by Crippen LogP contribution is 2.10. The Balaban J connectivity index is 0.000000266. The van der Waals surface area contributed by atoms with Gasteiger partial charge in [0.2, 0.25) is 5.96 Å². The van der Waals surface area contributed by atoms with Gasteiger partial charge in [-0.05, 0) is 62.2 Å². The van der Waals surface area contributed by atoms with Crippen LogP contribution in [0.1, 0.15) is 35.0 Å². The Kier molecular flexibility index (Phi) is 13.8. The molecule has 0 unspecified atom stereocenters. The molecule has 240 valence electrons. The van der Waals surface area contributed by atoms with Gasteiger partial charge in [0.25, 0.3) is 15.9 Å². The lowest BCUT2D eigenvalue weighted by Gasteiger charge is -2.05. The quantitative estimate of drug-likeness (QED) is 0.0890. The van der Waals surface area contributed by atoms with E-state index in [2.05, 4.69) is 36.8 Å². The number of hydrogen-bond acceptors (Lipinski definition) is 7. The molecule has 0 atom stereocenters. The molecule has 3 aromatic carbocycles. The lowest BCUT2D eigenvalue weighted by Crippen LogP contribution is -2.29. The second-order valence-corrected chi connectivity index (χ2v) is 12.5. The van der Waals surface area contributed by atoms with E-state index in [1.807, 2.05) is 71.5 Å². The Hall–Kier alpha value is -4.63. The zero-order valence-electron chi connectivity index (χ0n) is 25.7. The number of nitrogens with two attached hydrogens (primary N) is 1. The Bertz CT molecular complexity index is 1740. The number of nitrogens with zero attached hydrogens (tertiary/aromatic N) is 4. The van der Waals surface area contributed by atoms with Gasteiger partial charge >= 0.3 is 0 Å². The first-order valence-electron chi connectivity index (χ1n) is 13.5. The Morgan fingerprint density at radius 3 is 1.87 bits per heavy atom. The largest absolute Gasteiger partial charge is 0.744 e. The number of rotatable bonds is 7. The maximum absolute atomic E-state index is 10.5. The number of guanidine groups is 1. The highest BCUT2D eigenvalue weighted by atomic mass is 32.2. The molecule has 0 aliphatic carbocycles. The summed E-state index contributed by atoms with van der Waals surface area (Å²) in [6, 6.07) is 19.9. The van der Waals surface area contributed by atoms with Gasteiger partial charge in [-0.15, -0.1) is 0 Å². The number of nitrogens with one attached hydrogen (secondary N) is 1. The lowest BCUT2D eigenvalue weighted by molar-refractivity contribution is -0.672. The van der Waals surface area contributed by atoms with Crippen molar-refractivity contribution in [3.05, 3.63) is 113 Å². The summed E-state index contributed by atoms with van der Waals surface area (Å²) in [6.45, 7) is 6.21. The lowest BCUT2D eigenvalue weighted by atomic mass is 10.1. The van der Waals surface area contributed by atoms with Crippen molar-refractivity contribution in [1.82, 2.24) is 9.99 Å². The molecule has 1 heterocycles. The minimum atomic E-state index is -4.27. The first-order valence-corrected chi connectivity index (χ1v) is 16.4. The van der Waals surface area contributed by atoms with Crippen LogP contribution in [0.4, 0.5) is 0 Å². The van der Waals surface area contributed by atoms with E-state index in [0.717, 1.165) is 28.1 Å². The molecule has 0 aliphatic heterocycles. The van der Waals surface area contributed by atoms with Crippen LogP contribution in [0.25, 0.3) is 12.2 Å². The SMILES string of the molecule is CCN=C(N)N/N=C/c1ccc(/C=C/c2n(C)cc[n+]2C)cc1.Cc1ccc(S(=O)(=O)O)cc1.Cc1ccc(S(=O)(=O)[O-])cc1. The fourth-order valence-corrected chi connectivity index (χ4v) is 4.44. The molecule has 0 spiro atoms. The van der Waals surface area contributed by atoms with Gasteiger partial charge < -0.3 is 10.3 Å². The van der Waals surface area contributed by atoms with Crippen LogP contribution >= 0.6 is 0 Å². The van der Waals surface area contributed by atoms with E-state index in [1.54, 1.807) is 30.5 Å². The van der Waals surface area contributed by atoms with E-state index in [1.165, 1.54) is 24.3 Å². The van der Waals surface area contributed by atoms with Crippen LogP contribution in [0.2, 0.25) is 0 Å². The average molecular weight is 655 g/mol. The average Bonchev–Trinajstić information content (AvgIpc) is 3.29. The first-order chi connectivity index (χ1) is 21.1. The number of aliphatic imine (C=N–C) groups is 1. The summed E-state index contributed by atoms with van der Waals surface area (Å²) in [7, 11) is -4.23. The molecule has 0 amide bonds. The van der Waals surface area contributed by atoms with Crippen LogP contribution in [0.3, 0.4) is 0 Å². The highest BCUT2D eigenvalue weighted by Gasteiger charge is 2.07. The highest BCUT2D eigenvalue weighted by molar-refractivity contribution is 7.86. The summed E-state index contributed by atoms with van der Waals surface area (Å²) in [6.07, 6.45) is 9.94. The predicted molar refractivity (Wildman–Crippen MR) is 175 cm³/mol. The van der Waals surface area contributed by atoms with Crippen LogP contribution in [0.15, 0.2) is 105 Å². The third-order valence-electron chi connectivity index (χ3n) is 5.95. The number of aromatic nitrogens is 2. The van der Waals surface area contributed by atoms with Crippen LogP contribution in [-0.2, 0) is 34.3 Å². The zero-order chi connectivity index (χ0) is 33.6. The number of hydrogen-bond donors (Lipinski definition) is 3. The monoisotopic (exact) mass is 654 g/mol. The van der Waals surface area contributed by atoms with Crippen molar-refractivity contribution in [1.29, 1.82) is 0 Å². The van der Waals surface area contributed by atoms with Crippen molar-refractivity contribution in [3.8, 4) is 0 Å². The van der Waals surface area contributed by atoms with Crippen LogP contribution in [0, 0.1) is 13.8 Å². The molecular formula is C31H38N6O6S2. The summed E-state index contributed by atoms with van der Waals surface area (Å²) in [4.78, 5) is 3.74. The van der Waals surface area contributed by atoms with Crippen molar-refractivity contribution in [2.24, 2.45) is 29.9 Å². The van der Waals surface area contributed by atoms with E-state index in [0.29, 0.717) is 12.5 Å². The van der Waals surface area contributed by atoms with Crippen molar-refractivity contribution in [3.63, 3.8) is 0 Å². The number of benzene rings is 3. The van der Waals surface area contributed by atoms with Gasteiger partial charge in [0, 0.05) is 12.6 Å². The third kappa shape index (κ3) is 13.3. The second-order valence-electron chi connectivity index (χ2n) is 9.66. The summed E-state index contributed by atoms with van der Waals surface area (Å²) in [5.74, 6) is 1.45. The van der Waals surface area contributed by atoms with Crippen LogP contribution in [0.5, 0.6) is 0 Å². The maximum Gasteiger partial charge on any atom is 0.294 e. The van der Waals surface area contributed by atoms with E-state index in [9.17, 15) is 21.4 Å². The van der Waals surface area contributed by atoms with Crippen molar-refractivity contribution >= 4 is 44.6 Å². The molecule has 4 rings (SSSR count). The van der Waals surface area contributed by atoms with E-state index < -0.39 is 20.2 Å². The molecule has 4 N–H and O–H groups in total. The van der Waals surface area contributed by atoms with Gasteiger partial charge in [0.1, 0.15) is 22.5 Å². The molecule has 1 aromatic heterocycles. The Labute approximate surface area is 264 Å². The van der Waals surface area contributed by atoms with Gasteiger partial charge in [-0.3, -0.25) is 9.55 Å². The van der Waals surface area contributed by atoms with Gasteiger partial charge in [0.05, 0.1) is 30.1 Å². The van der Waals surface area contributed by atoms with E-state index in [4.69, 9.17) is 10.3 Å². The van der Waals surface area contributed by atoms with Crippen molar-refractivity contribution in [2.75, 3.05) is 6.54 Å². The summed E-state index contributed by atoms with van der Waals surface area (Å²) in [5.41, 5.74) is 12.3. The molecule has 0 saturated heterocycles. The fraction of sp³-hybridized carbons (Fsp3) is 0.194. The Morgan fingerprint density at radius 2 is 1.42 bits per heavy atom. The van der Waals surface area contributed by atoms with E-state index in [-0.39, 0.29) is 9.79 Å². The minimum absolute atomic E-state index is 0.0666. The summed E-state index contributed by atoms with van der Waals surface area (Å²) >= 11 is 0. The summed E-state index contributed by atoms with van der Waals surface area (Å²) < 4.78 is 64.9. The van der Waals surface area contributed by atoms with Gasteiger partial charge in [-0.25, -0.2) is 23.0 Å². The molecule has 12 nitrogen and oxygen atoms in total. The van der Waals surface area contributed by atoms with Crippen LogP contribution < -0.4 is 15.7 Å². The third-order valence-corrected chi connectivity index (χ3v) is 7.67.